The standard InChI is InChI=1S/C23H23FN2O6S/c1-17(25-33(29,30)21-11-9-19(24)10-12-21)23(28)32-16-22(27)26(15-20-8-5-13-31-20)14-18-6-3-2-4-7-18/h2-13,17,25H,14-16H2,1H3/t17-/m0/s1. The van der Waals surface area contributed by atoms with Crippen LogP contribution in [0, 0.1) is 5.82 Å². The van der Waals surface area contributed by atoms with E-state index in [1.807, 2.05) is 30.3 Å². The Hall–Kier alpha value is -3.50. The molecule has 0 aliphatic carbocycles. The highest BCUT2D eigenvalue weighted by Crippen LogP contribution is 2.13. The molecule has 8 nitrogen and oxygen atoms in total. The number of nitrogens with one attached hydrogen (secondary N) is 1. The monoisotopic (exact) mass is 474 g/mol. The minimum absolute atomic E-state index is 0.172. The molecule has 1 atom stereocenters. The van der Waals surface area contributed by atoms with Crippen LogP contribution in [0.2, 0.25) is 0 Å². The number of ether oxygens (including phenoxy) is 1. The Morgan fingerprint density at radius 2 is 1.73 bits per heavy atom. The molecule has 0 unspecified atom stereocenters. The van der Waals surface area contributed by atoms with Gasteiger partial charge in [0.15, 0.2) is 6.61 Å². The molecule has 1 aromatic heterocycles. The summed E-state index contributed by atoms with van der Waals surface area (Å²) in [7, 11) is -4.08. The number of carbonyl (C=O) groups excluding carboxylic acids is 2. The predicted octanol–water partition coefficient (Wildman–Crippen LogP) is 2.86. The largest absolute Gasteiger partial charge is 0.467 e. The first-order chi connectivity index (χ1) is 15.7. The summed E-state index contributed by atoms with van der Waals surface area (Å²) >= 11 is 0. The summed E-state index contributed by atoms with van der Waals surface area (Å²) in [6, 6.07) is 15.6. The van der Waals surface area contributed by atoms with Crippen molar-refractivity contribution in [3.8, 4) is 0 Å². The van der Waals surface area contributed by atoms with Crippen molar-refractivity contribution in [2.45, 2.75) is 31.0 Å². The van der Waals surface area contributed by atoms with Crippen LogP contribution in [0.25, 0.3) is 0 Å². The number of benzene rings is 2. The highest BCUT2D eigenvalue weighted by atomic mass is 32.2. The second kappa shape index (κ2) is 10.9. The van der Waals surface area contributed by atoms with E-state index in [1.54, 1.807) is 12.1 Å². The molecule has 1 N–H and O–H groups in total. The summed E-state index contributed by atoms with van der Waals surface area (Å²) in [6.07, 6.45) is 1.50. The van der Waals surface area contributed by atoms with Gasteiger partial charge in [0.05, 0.1) is 17.7 Å². The smallest absolute Gasteiger partial charge is 0.324 e. The Bertz CT molecular complexity index is 1170. The Morgan fingerprint density at radius 3 is 2.36 bits per heavy atom. The maximum absolute atomic E-state index is 13.0. The van der Waals surface area contributed by atoms with Gasteiger partial charge in [-0.2, -0.15) is 4.72 Å². The topological polar surface area (TPSA) is 106 Å². The molecular formula is C23H23FN2O6S. The number of furan rings is 1. The van der Waals surface area contributed by atoms with Gasteiger partial charge in [-0.25, -0.2) is 12.8 Å². The summed E-state index contributed by atoms with van der Waals surface area (Å²) < 4.78 is 50.3. The lowest BCUT2D eigenvalue weighted by Gasteiger charge is -2.22. The number of nitrogens with zero attached hydrogens (tertiary/aromatic N) is 1. The van der Waals surface area contributed by atoms with Crippen LogP contribution in [-0.2, 0) is 37.4 Å². The van der Waals surface area contributed by atoms with E-state index in [0.717, 1.165) is 29.8 Å². The van der Waals surface area contributed by atoms with Gasteiger partial charge in [-0.15, -0.1) is 0 Å². The van der Waals surface area contributed by atoms with Gasteiger partial charge in [0.2, 0.25) is 10.0 Å². The van der Waals surface area contributed by atoms with Gasteiger partial charge in [0.1, 0.15) is 17.6 Å². The third-order valence-corrected chi connectivity index (χ3v) is 6.20. The van der Waals surface area contributed by atoms with E-state index >= 15 is 0 Å². The molecule has 0 fully saturated rings. The lowest BCUT2D eigenvalue weighted by atomic mass is 10.2. The summed E-state index contributed by atoms with van der Waals surface area (Å²) in [6.45, 7) is 1.16. The third kappa shape index (κ3) is 6.99. The zero-order chi connectivity index (χ0) is 23.8. The molecule has 33 heavy (non-hydrogen) atoms. The SMILES string of the molecule is C[C@H](NS(=O)(=O)c1ccc(F)cc1)C(=O)OCC(=O)N(Cc1ccccc1)Cc1ccco1. The van der Waals surface area contributed by atoms with Crippen molar-refractivity contribution in [2.75, 3.05) is 6.61 Å². The molecule has 3 rings (SSSR count). The number of hydrogen-bond donors (Lipinski definition) is 1. The first-order valence-electron chi connectivity index (χ1n) is 10.0. The fraction of sp³-hybridized carbons (Fsp3) is 0.217. The second-order valence-electron chi connectivity index (χ2n) is 7.22. The van der Waals surface area contributed by atoms with Crippen LogP contribution in [0.1, 0.15) is 18.2 Å². The van der Waals surface area contributed by atoms with Crippen LogP contribution in [0.4, 0.5) is 4.39 Å². The first kappa shape index (κ1) is 24.1. The number of sulfonamides is 1. The maximum Gasteiger partial charge on any atom is 0.324 e. The Morgan fingerprint density at radius 1 is 1.03 bits per heavy atom. The fourth-order valence-corrected chi connectivity index (χ4v) is 4.13. The average Bonchev–Trinajstić information content (AvgIpc) is 3.30. The highest BCUT2D eigenvalue weighted by Gasteiger charge is 2.25. The van der Waals surface area contributed by atoms with E-state index < -0.39 is 40.4 Å². The number of rotatable bonds is 10. The van der Waals surface area contributed by atoms with E-state index in [0.29, 0.717) is 5.76 Å². The van der Waals surface area contributed by atoms with E-state index in [2.05, 4.69) is 4.72 Å². The maximum atomic E-state index is 13.0. The molecule has 0 aliphatic heterocycles. The molecule has 0 spiro atoms. The second-order valence-corrected chi connectivity index (χ2v) is 8.93. The molecule has 10 heteroatoms. The van der Waals surface area contributed by atoms with Crippen molar-refractivity contribution in [2.24, 2.45) is 0 Å². The molecule has 0 bridgehead atoms. The van der Waals surface area contributed by atoms with E-state index in [1.165, 1.54) is 18.1 Å². The van der Waals surface area contributed by atoms with Crippen LogP contribution >= 0.6 is 0 Å². The van der Waals surface area contributed by atoms with Crippen molar-refractivity contribution in [3.63, 3.8) is 0 Å². The fourth-order valence-electron chi connectivity index (χ4n) is 2.94. The average molecular weight is 475 g/mol. The number of amides is 1. The first-order valence-corrected chi connectivity index (χ1v) is 11.5. The van der Waals surface area contributed by atoms with Gasteiger partial charge in [-0.3, -0.25) is 9.59 Å². The number of hydrogen-bond acceptors (Lipinski definition) is 6. The van der Waals surface area contributed by atoms with E-state index in [-0.39, 0.29) is 18.0 Å². The van der Waals surface area contributed by atoms with Crippen molar-refractivity contribution >= 4 is 21.9 Å². The highest BCUT2D eigenvalue weighted by molar-refractivity contribution is 7.89. The molecule has 0 saturated heterocycles. The molecule has 2 aromatic carbocycles. The molecule has 1 heterocycles. The zero-order valence-electron chi connectivity index (χ0n) is 17.8. The van der Waals surface area contributed by atoms with Gasteiger partial charge in [-0.1, -0.05) is 30.3 Å². The van der Waals surface area contributed by atoms with Crippen molar-refractivity contribution < 1.29 is 31.6 Å². The summed E-state index contributed by atoms with van der Waals surface area (Å²) in [4.78, 5) is 26.3. The minimum atomic E-state index is -4.08. The van der Waals surface area contributed by atoms with Gasteiger partial charge >= 0.3 is 5.97 Å². The van der Waals surface area contributed by atoms with Crippen LogP contribution in [0.15, 0.2) is 82.3 Å². The van der Waals surface area contributed by atoms with Gasteiger partial charge in [0, 0.05) is 6.54 Å². The summed E-state index contributed by atoms with van der Waals surface area (Å²) in [5, 5.41) is 0. The van der Waals surface area contributed by atoms with Crippen LogP contribution < -0.4 is 4.72 Å². The molecule has 0 radical (unpaired) electrons. The van der Waals surface area contributed by atoms with Crippen molar-refractivity contribution in [1.82, 2.24) is 9.62 Å². The van der Waals surface area contributed by atoms with E-state index in [9.17, 15) is 22.4 Å². The third-order valence-electron chi connectivity index (χ3n) is 4.64. The molecular weight excluding hydrogens is 451 g/mol. The molecule has 174 valence electrons. The Labute approximate surface area is 191 Å². The molecule has 0 saturated carbocycles. The van der Waals surface area contributed by atoms with Gasteiger partial charge in [0.25, 0.3) is 5.91 Å². The lowest BCUT2D eigenvalue weighted by Crippen LogP contribution is -2.41. The summed E-state index contributed by atoms with van der Waals surface area (Å²) in [5.74, 6) is -1.43. The number of carbonyl (C=O) groups is 2. The minimum Gasteiger partial charge on any atom is -0.467 e. The summed E-state index contributed by atoms with van der Waals surface area (Å²) in [5.41, 5.74) is 0.879. The van der Waals surface area contributed by atoms with E-state index in [4.69, 9.17) is 9.15 Å². The predicted molar refractivity (Wildman–Crippen MR) is 117 cm³/mol. The van der Waals surface area contributed by atoms with Crippen LogP contribution in [-0.4, -0.2) is 37.8 Å². The molecule has 3 aromatic rings. The molecule has 1 amide bonds. The normalized spacial score (nSPS) is 12.2. The van der Waals surface area contributed by atoms with Crippen LogP contribution in [0.5, 0.6) is 0 Å². The van der Waals surface area contributed by atoms with Gasteiger partial charge < -0.3 is 14.1 Å². The van der Waals surface area contributed by atoms with Crippen molar-refractivity contribution in [1.29, 1.82) is 0 Å². The zero-order valence-corrected chi connectivity index (χ0v) is 18.6. The molecule has 0 aliphatic rings. The number of esters is 1. The Kier molecular flexibility index (Phi) is 7.96. The quantitative estimate of drug-likeness (QED) is 0.453. The lowest BCUT2D eigenvalue weighted by molar-refractivity contribution is -0.153. The van der Waals surface area contributed by atoms with Gasteiger partial charge in [-0.05, 0) is 48.9 Å². The Balaban J connectivity index is 1.60. The van der Waals surface area contributed by atoms with Crippen molar-refractivity contribution in [3.05, 3.63) is 90.1 Å². The number of halogens is 1. The van der Waals surface area contributed by atoms with Crippen LogP contribution in [0.3, 0.4) is 0 Å².